The number of benzene rings is 1. The Balaban J connectivity index is 2.02. The van der Waals surface area contributed by atoms with Crippen LogP contribution < -0.4 is 14.8 Å². The zero-order valence-corrected chi connectivity index (χ0v) is 11.9. The average molecular weight is 314 g/mol. The SMILES string of the molecule is Cc1c2c(cc(Br)c1C1CNCCO1)OCCO2. The third-order valence-electron chi connectivity index (χ3n) is 3.32. The first kappa shape index (κ1) is 12.3. The second kappa shape index (κ2) is 5.07. The molecule has 0 aromatic heterocycles. The normalized spacial score (nSPS) is 22.9. The van der Waals surface area contributed by atoms with Crippen molar-refractivity contribution in [2.24, 2.45) is 0 Å². The Hall–Kier alpha value is -0.780. The van der Waals surface area contributed by atoms with Crippen molar-refractivity contribution in [2.45, 2.75) is 13.0 Å². The third kappa shape index (κ3) is 2.11. The van der Waals surface area contributed by atoms with Crippen LogP contribution in [0, 0.1) is 6.92 Å². The minimum Gasteiger partial charge on any atom is -0.486 e. The van der Waals surface area contributed by atoms with Crippen molar-refractivity contribution in [1.82, 2.24) is 5.32 Å². The molecule has 3 rings (SSSR count). The van der Waals surface area contributed by atoms with Crippen LogP contribution in [0.25, 0.3) is 0 Å². The predicted molar refractivity (Wildman–Crippen MR) is 71.4 cm³/mol. The van der Waals surface area contributed by atoms with Crippen LogP contribution >= 0.6 is 15.9 Å². The lowest BCUT2D eigenvalue weighted by Crippen LogP contribution is -2.34. The predicted octanol–water partition coefficient (Wildman–Crippen LogP) is 2.19. The van der Waals surface area contributed by atoms with Crippen LogP contribution in [0.1, 0.15) is 17.2 Å². The van der Waals surface area contributed by atoms with Gasteiger partial charge in [0.25, 0.3) is 0 Å². The molecule has 1 atom stereocenters. The molecule has 0 amide bonds. The van der Waals surface area contributed by atoms with Gasteiger partial charge < -0.3 is 19.5 Å². The smallest absolute Gasteiger partial charge is 0.164 e. The topological polar surface area (TPSA) is 39.7 Å². The van der Waals surface area contributed by atoms with Crippen molar-refractivity contribution >= 4 is 15.9 Å². The van der Waals surface area contributed by atoms with Crippen molar-refractivity contribution in [3.8, 4) is 11.5 Å². The van der Waals surface area contributed by atoms with Gasteiger partial charge in [-0.3, -0.25) is 0 Å². The highest BCUT2D eigenvalue weighted by Crippen LogP contribution is 2.42. The molecular formula is C13H16BrNO3. The van der Waals surface area contributed by atoms with Crippen LogP contribution in [-0.2, 0) is 4.74 Å². The van der Waals surface area contributed by atoms with Crippen LogP contribution in [0.3, 0.4) is 0 Å². The van der Waals surface area contributed by atoms with Gasteiger partial charge in [0.1, 0.15) is 13.2 Å². The molecule has 2 heterocycles. The molecule has 1 aromatic rings. The summed E-state index contributed by atoms with van der Waals surface area (Å²) in [5.74, 6) is 1.67. The van der Waals surface area contributed by atoms with E-state index in [1.165, 1.54) is 0 Å². The highest BCUT2D eigenvalue weighted by Gasteiger charge is 2.26. The van der Waals surface area contributed by atoms with Gasteiger partial charge in [0.2, 0.25) is 0 Å². The van der Waals surface area contributed by atoms with Gasteiger partial charge in [0.05, 0.1) is 12.7 Å². The standard InChI is InChI=1S/C13H16BrNO3/c1-8-12(11-7-15-2-3-16-11)9(14)6-10-13(8)18-5-4-17-10/h6,11,15H,2-5,7H2,1H3. The van der Waals surface area contributed by atoms with Gasteiger partial charge in [-0.05, 0) is 13.0 Å². The van der Waals surface area contributed by atoms with E-state index >= 15 is 0 Å². The van der Waals surface area contributed by atoms with E-state index in [2.05, 4.69) is 28.2 Å². The van der Waals surface area contributed by atoms with E-state index in [1.807, 2.05) is 6.07 Å². The molecule has 1 saturated heterocycles. The molecule has 4 nitrogen and oxygen atoms in total. The second-order valence-corrected chi connectivity index (χ2v) is 5.34. The van der Waals surface area contributed by atoms with Crippen LogP contribution in [0.2, 0.25) is 0 Å². The summed E-state index contributed by atoms with van der Waals surface area (Å²) < 4.78 is 18.2. The maximum atomic E-state index is 5.83. The van der Waals surface area contributed by atoms with Crippen molar-refractivity contribution in [2.75, 3.05) is 32.9 Å². The molecule has 1 aromatic carbocycles. The molecule has 0 aliphatic carbocycles. The maximum Gasteiger partial charge on any atom is 0.164 e. The fraction of sp³-hybridized carbons (Fsp3) is 0.538. The lowest BCUT2D eigenvalue weighted by atomic mass is 10.0. The fourth-order valence-electron chi connectivity index (χ4n) is 2.47. The third-order valence-corrected chi connectivity index (χ3v) is 3.98. The first-order valence-corrected chi connectivity index (χ1v) is 6.97. The first-order valence-electron chi connectivity index (χ1n) is 6.18. The first-order chi connectivity index (χ1) is 8.77. The van der Waals surface area contributed by atoms with E-state index < -0.39 is 0 Å². The largest absolute Gasteiger partial charge is 0.486 e. The van der Waals surface area contributed by atoms with Crippen molar-refractivity contribution in [3.05, 3.63) is 21.7 Å². The Labute approximate surface area is 115 Å². The Kier molecular flexibility index (Phi) is 3.46. The molecule has 2 aliphatic rings. The van der Waals surface area contributed by atoms with Crippen LogP contribution in [-0.4, -0.2) is 32.9 Å². The molecule has 2 aliphatic heterocycles. The Morgan fingerprint density at radius 1 is 1.28 bits per heavy atom. The van der Waals surface area contributed by atoms with E-state index in [0.29, 0.717) is 13.2 Å². The van der Waals surface area contributed by atoms with Gasteiger partial charge in [-0.2, -0.15) is 0 Å². The molecule has 0 radical (unpaired) electrons. The summed E-state index contributed by atoms with van der Waals surface area (Å²) in [5, 5.41) is 3.35. The number of fused-ring (bicyclic) bond motifs is 1. The number of ether oxygens (including phenoxy) is 3. The average Bonchev–Trinajstić information content (AvgIpc) is 2.40. The summed E-state index contributed by atoms with van der Waals surface area (Å²) in [6.07, 6.45) is 0.0731. The van der Waals surface area contributed by atoms with E-state index in [9.17, 15) is 0 Å². The monoisotopic (exact) mass is 313 g/mol. The van der Waals surface area contributed by atoms with Crippen LogP contribution in [0.5, 0.6) is 11.5 Å². The number of halogens is 1. The van der Waals surface area contributed by atoms with Gasteiger partial charge in [0.15, 0.2) is 11.5 Å². The molecule has 5 heteroatoms. The van der Waals surface area contributed by atoms with Gasteiger partial charge in [-0.15, -0.1) is 0 Å². The summed E-state index contributed by atoms with van der Waals surface area (Å²) in [7, 11) is 0. The van der Waals surface area contributed by atoms with Crippen molar-refractivity contribution in [3.63, 3.8) is 0 Å². The minimum absolute atomic E-state index is 0.0731. The Morgan fingerprint density at radius 2 is 2.11 bits per heavy atom. The number of nitrogens with one attached hydrogen (secondary N) is 1. The highest BCUT2D eigenvalue weighted by atomic mass is 79.9. The maximum absolute atomic E-state index is 5.83. The molecular weight excluding hydrogens is 298 g/mol. The zero-order valence-electron chi connectivity index (χ0n) is 10.3. The van der Waals surface area contributed by atoms with E-state index in [1.54, 1.807) is 0 Å². The molecule has 0 bridgehead atoms. The van der Waals surface area contributed by atoms with E-state index in [0.717, 1.165) is 46.8 Å². The number of morpholine rings is 1. The van der Waals surface area contributed by atoms with Crippen LogP contribution in [0.15, 0.2) is 10.5 Å². The molecule has 1 unspecified atom stereocenters. The summed E-state index contributed by atoms with van der Waals surface area (Å²) in [6, 6.07) is 1.98. The molecule has 0 saturated carbocycles. The second-order valence-electron chi connectivity index (χ2n) is 4.48. The number of hydrogen-bond acceptors (Lipinski definition) is 4. The molecule has 0 spiro atoms. The molecule has 18 heavy (non-hydrogen) atoms. The fourth-order valence-corrected chi connectivity index (χ4v) is 3.23. The minimum atomic E-state index is 0.0731. The highest BCUT2D eigenvalue weighted by molar-refractivity contribution is 9.10. The molecule has 98 valence electrons. The zero-order chi connectivity index (χ0) is 12.5. The van der Waals surface area contributed by atoms with Crippen molar-refractivity contribution in [1.29, 1.82) is 0 Å². The van der Waals surface area contributed by atoms with Gasteiger partial charge >= 0.3 is 0 Å². The summed E-state index contributed by atoms with van der Waals surface area (Å²) >= 11 is 3.62. The molecule has 1 fully saturated rings. The van der Waals surface area contributed by atoms with Gasteiger partial charge in [-0.1, -0.05) is 15.9 Å². The van der Waals surface area contributed by atoms with E-state index in [4.69, 9.17) is 14.2 Å². The van der Waals surface area contributed by atoms with Crippen LogP contribution in [0.4, 0.5) is 0 Å². The van der Waals surface area contributed by atoms with E-state index in [-0.39, 0.29) is 6.10 Å². The van der Waals surface area contributed by atoms with Gasteiger partial charge in [-0.25, -0.2) is 0 Å². The van der Waals surface area contributed by atoms with Gasteiger partial charge in [0, 0.05) is 28.7 Å². The van der Waals surface area contributed by atoms with Crippen molar-refractivity contribution < 1.29 is 14.2 Å². The summed E-state index contributed by atoms with van der Waals surface area (Å²) in [5.41, 5.74) is 2.26. The lowest BCUT2D eigenvalue weighted by Gasteiger charge is -2.29. The summed E-state index contributed by atoms with van der Waals surface area (Å²) in [4.78, 5) is 0. The number of hydrogen-bond donors (Lipinski definition) is 1. The molecule has 1 N–H and O–H groups in total. The number of rotatable bonds is 1. The Morgan fingerprint density at radius 3 is 2.89 bits per heavy atom. The summed E-state index contributed by atoms with van der Waals surface area (Å²) in [6.45, 7) is 5.77. The lowest BCUT2D eigenvalue weighted by molar-refractivity contribution is 0.0265. The Bertz CT molecular complexity index is 458. The quantitative estimate of drug-likeness (QED) is 0.862.